The molecule has 1 aliphatic rings. The first-order valence-corrected chi connectivity index (χ1v) is 9.58. The fourth-order valence-electron chi connectivity index (χ4n) is 3.58. The summed E-state index contributed by atoms with van der Waals surface area (Å²) >= 11 is 0. The second-order valence-electron chi connectivity index (χ2n) is 7.20. The van der Waals surface area contributed by atoms with Crippen LogP contribution in [0.5, 0.6) is 0 Å². The van der Waals surface area contributed by atoms with Gasteiger partial charge in [-0.05, 0) is 44.0 Å². The number of nitrogens with one attached hydrogen (secondary N) is 1. The Hall–Kier alpha value is -2.93. The Labute approximate surface area is 165 Å². The smallest absolute Gasteiger partial charge is 0.271 e. The molecule has 28 heavy (non-hydrogen) atoms. The highest BCUT2D eigenvalue weighted by atomic mass is 16.6. The van der Waals surface area contributed by atoms with Crippen LogP contribution in [0.4, 0.5) is 17.1 Å². The number of hydrogen-bond donors (Lipinski definition) is 1. The van der Waals surface area contributed by atoms with Crippen LogP contribution in [0.15, 0.2) is 48.5 Å². The third-order valence-electron chi connectivity index (χ3n) is 4.88. The van der Waals surface area contributed by atoms with Crippen LogP contribution in [0.25, 0.3) is 0 Å². The summed E-state index contributed by atoms with van der Waals surface area (Å²) < 4.78 is 0. The maximum absolute atomic E-state index is 12.3. The summed E-state index contributed by atoms with van der Waals surface area (Å²) in [5.74, 6) is -0.196. The average molecular weight is 382 g/mol. The highest BCUT2D eigenvalue weighted by Gasteiger charge is 2.16. The number of nitro benzene ring substituents is 1. The molecule has 0 radical (unpaired) electrons. The minimum absolute atomic E-state index is 0.0402. The van der Waals surface area contributed by atoms with Gasteiger partial charge in [-0.3, -0.25) is 19.8 Å². The Kier molecular flexibility index (Phi) is 6.60. The molecule has 0 saturated carbocycles. The molecule has 1 fully saturated rings. The molecule has 7 heteroatoms. The highest BCUT2D eigenvalue weighted by Crippen LogP contribution is 2.25. The molecule has 2 aromatic carbocycles. The van der Waals surface area contributed by atoms with Crippen molar-refractivity contribution in [2.24, 2.45) is 0 Å². The lowest BCUT2D eigenvalue weighted by Gasteiger charge is -2.31. The summed E-state index contributed by atoms with van der Waals surface area (Å²) in [5.41, 5.74) is 2.84. The Morgan fingerprint density at radius 1 is 1.14 bits per heavy atom. The van der Waals surface area contributed by atoms with Crippen LogP contribution < -0.4 is 10.2 Å². The van der Waals surface area contributed by atoms with Crippen LogP contribution in [0, 0.1) is 10.1 Å². The van der Waals surface area contributed by atoms with E-state index in [1.807, 2.05) is 18.0 Å². The molecule has 1 saturated heterocycles. The zero-order valence-corrected chi connectivity index (χ0v) is 16.1. The highest BCUT2D eigenvalue weighted by molar-refractivity contribution is 5.92. The molecular weight excluding hydrogens is 356 g/mol. The van der Waals surface area contributed by atoms with Gasteiger partial charge in [0.15, 0.2) is 0 Å². The Balaban J connectivity index is 1.59. The van der Waals surface area contributed by atoms with E-state index in [0.717, 1.165) is 13.1 Å². The molecule has 0 atom stereocenters. The van der Waals surface area contributed by atoms with Gasteiger partial charge in [0.25, 0.3) is 5.69 Å². The van der Waals surface area contributed by atoms with Crippen molar-refractivity contribution in [1.82, 2.24) is 4.90 Å². The molecule has 148 valence electrons. The molecule has 3 rings (SSSR count). The van der Waals surface area contributed by atoms with E-state index in [4.69, 9.17) is 0 Å². The third-order valence-corrected chi connectivity index (χ3v) is 4.88. The van der Waals surface area contributed by atoms with Gasteiger partial charge in [0.1, 0.15) is 0 Å². The van der Waals surface area contributed by atoms with Gasteiger partial charge in [-0.25, -0.2) is 0 Å². The Morgan fingerprint density at radius 2 is 1.89 bits per heavy atom. The molecule has 1 N–H and O–H groups in total. The van der Waals surface area contributed by atoms with E-state index in [0.29, 0.717) is 12.2 Å². The number of nitrogens with zero attached hydrogens (tertiary/aromatic N) is 3. The zero-order valence-electron chi connectivity index (χ0n) is 16.1. The third kappa shape index (κ3) is 5.29. The van der Waals surface area contributed by atoms with Crippen molar-refractivity contribution < 1.29 is 9.72 Å². The van der Waals surface area contributed by atoms with Gasteiger partial charge in [0, 0.05) is 43.1 Å². The first kappa shape index (κ1) is 19.8. The van der Waals surface area contributed by atoms with E-state index >= 15 is 0 Å². The number of rotatable bonds is 7. The van der Waals surface area contributed by atoms with Crippen molar-refractivity contribution in [2.75, 3.05) is 36.9 Å². The maximum atomic E-state index is 12.3. The fraction of sp³-hybridized carbons (Fsp3) is 0.381. The molecule has 0 spiro atoms. The molecule has 0 unspecified atom stereocenters. The minimum Gasteiger partial charge on any atom is -0.371 e. The number of carbonyl (C=O) groups excluding carboxylic acids is 1. The number of piperidine rings is 1. The van der Waals surface area contributed by atoms with Crippen molar-refractivity contribution >= 4 is 23.0 Å². The molecule has 1 amide bonds. The second kappa shape index (κ2) is 9.32. The lowest BCUT2D eigenvalue weighted by atomic mass is 10.1. The van der Waals surface area contributed by atoms with Crippen LogP contribution in [0.2, 0.25) is 0 Å². The van der Waals surface area contributed by atoms with Gasteiger partial charge < -0.3 is 10.2 Å². The molecule has 0 aliphatic carbocycles. The van der Waals surface area contributed by atoms with Crippen molar-refractivity contribution in [3.8, 4) is 0 Å². The summed E-state index contributed by atoms with van der Waals surface area (Å²) in [6.45, 7) is 3.02. The predicted molar refractivity (Wildman–Crippen MR) is 111 cm³/mol. The van der Waals surface area contributed by atoms with Gasteiger partial charge >= 0.3 is 0 Å². The molecule has 7 nitrogen and oxygen atoms in total. The standard InChI is InChI=1S/C21H26N4O3/c1-23(16-21(26)22-18-9-7-10-19(14-18)25(27)28)15-17-8-3-4-11-20(17)24-12-5-2-6-13-24/h3-4,7-11,14H,2,5-6,12-13,15-16H2,1H3,(H,22,26). The number of amides is 1. The van der Waals surface area contributed by atoms with Gasteiger partial charge in [-0.2, -0.15) is 0 Å². The van der Waals surface area contributed by atoms with Crippen molar-refractivity contribution in [3.63, 3.8) is 0 Å². The topological polar surface area (TPSA) is 78.7 Å². The monoisotopic (exact) mass is 382 g/mol. The average Bonchev–Trinajstić information content (AvgIpc) is 2.69. The number of likely N-dealkylation sites (N-methyl/N-ethyl adjacent to an activating group) is 1. The first-order chi connectivity index (χ1) is 13.5. The quantitative estimate of drug-likeness (QED) is 0.584. The number of para-hydroxylation sites is 1. The molecule has 2 aromatic rings. The first-order valence-electron chi connectivity index (χ1n) is 9.58. The van der Waals surface area contributed by atoms with Gasteiger partial charge in [-0.15, -0.1) is 0 Å². The molecular formula is C21H26N4O3. The minimum atomic E-state index is -0.473. The summed E-state index contributed by atoms with van der Waals surface area (Å²) in [4.78, 5) is 27.1. The number of hydrogen-bond acceptors (Lipinski definition) is 5. The van der Waals surface area contributed by atoms with E-state index in [1.54, 1.807) is 12.1 Å². The molecule has 1 aliphatic heterocycles. The van der Waals surface area contributed by atoms with Gasteiger partial charge in [-0.1, -0.05) is 24.3 Å². The predicted octanol–water partition coefficient (Wildman–Crippen LogP) is 3.66. The van der Waals surface area contributed by atoms with Crippen molar-refractivity contribution in [3.05, 3.63) is 64.2 Å². The van der Waals surface area contributed by atoms with Crippen molar-refractivity contribution in [1.29, 1.82) is 0 Å². The largest absolute Gasteiger partial charge is 0.371 e. The number of carbonyl (C=O) groups is 1. The summed E-state index contributed by atoms with van der Waals surface area (Å²) in [5, 5.41) is 13.6. The van der Waals surface area contributed by atoms with Crippen molar-refractivity contribution in [2.45, 2.75) is 25.8 Å². The van der Waals surface area contributed by atoms with E-state index in [-0.39, 0.29) is 18.1 Å². The van der Waals surface area contributed by atoms with Crippen LogP contribution in [0.1, 0.15) is 24.8 Å². The Bertz CT molecular complexity index is 834. The van der Waals surface area contributed by atoms with E-state index in [2.05, 4.69) is 28.4 Å². The molecule has 0 bridgehead atoms. The summed E-state index contributed by atoms with van der Waals surface area (Å²) in [6, 6.07) is 14.3. The van der Waals surface area contributed by atoms with E-state index in [1.165, 1.54) is 42.6 Å². The SMILES string of the molecule is CN(CC(=O)Nc1cccc([N+](=O)[O-])c1)Cc1ccccc1N1CCCCC1. The van der Waals surface area contributed by atoms with E-state index in [9.17, 15) is 14.9 Å². The second-order valence-corrected chi connectivity index (χ2v) is 7.20. The van der Waals surface area contributed by atoms with Crippen LogP contribution in [-0.4, -0.2) is 42.4 Å². The number of non-ortho nitro benzene ring substituents is 1. The summed E-state index contributed by atoms with van der Waals surface area (Å²) in [6.07, 6.45) is 3.72. The number of nitro groups is 1. The van der Waals surface area contributed by atoms with Gasteiger partial charge in [0.2, 0.25) is 5.91 Å². The van der Waals surface area contributed by atoms with Gasteiger partial charge in [0.05, 0.1) is 11.5 Å². The molecule has 1 heterocycles. The fourth-order valence-corrected chi connectivity index (χ4v) is 3.58. The Morgan fingerprint density at radius 3 is 2.64 bits per heavy atom. The van der Waals surface area contributed by atoms with Crippen LogP contribution >= 0.6 is 0 Å². The normalized spacial score (nSPS) is 14.1. The lowest BCUT2D eigenvalue weighted by Crippen LogP contribution is -2.33. The lowest BCUT2D eigenvalue weighted by molar-refractivity contribution is -0.384. The molecule has 0 aromatic heterocycles. The summed E-state index contributed by atoms with van der Waals surface area (Å²) in [7, 11) is 1.90. The maximum Gasteiger partial charge on any atom is 0.271 e. The number of anilines is 2. The number of benzene rings is 2. The van der Waals surface area contributed by atoms with Crippen LogP contribution in [0.3, 0.4) is 0 Å². The van der Waals surface area contributed by atoms with Crippen LogP contribution in [-0.2, 0) is 11.3 Å². The van der Waals surface area contributed by atoms with E-state index < -0.39 is 4.92 Å². The zero-order chi connectivity index (χ0) is 19.9.